The number of piperazine rings is 1. The number of nitrogens with one attached hydrogen (secondary N) is 2. The number of benzene rings is 1. The van der Waals surface area contributed by atoms with E-state index >= 15 is 0 Å². The number of ketones is 1. The predicted molar refractivity (Wildman–Crippen MR) is 191 cm³/mol. The summed E-state index contributed by atoms with van der Waals surface area (Å²) >= 11 is 1.20. The van der Waals surface area contributed by atoms with Gasteiger partial charge in [0, 0.05) is 77.0 Å². The van der Waals surface area contributed by atoms with E-state index < -0.39 is 23.2 Å². The molecular formula is C35H48N8O5S. The summed E-state index contributed by atoms with van der Waals surface area (Å²) in [5.41, 5.74) is 11.4. The zero-order valence-corrected chi connectivity index (χ0v) is 29.3. The van der Waals surface area contributed by atoms with Crippen LogP contribution >= 0.6 is 11.8 Å². The Balaban J connectivity index is 1.05. The number of nitrogen functional groups attached to an aromatic ring is 1. The molecule has 0 aliphatic carbocycles. The van der Waals surface area contributed by atoms with E-state index in [2.05, 4.69) is 62.1 Å². The molecule has 5 N–H and O–H groups in total. The van der Waals surface area contributed by atoms with E-state index in [-0.39, 0.29) is 36.2 Å². The Bertz CT molecular complexity index is 1650. The predicted octanol–water partition coefficient (Wildman–Crippen LogP) is 3.43. The topological polar surface area (TPSA) is 176 Å². The molecule has 0 saturated carbocycles. The molecule has 1 aromatic carbocycles. The molecular weight excluding hydrogens is 645 g/mol. The van der Waals surface area contributed by atoms with Crippen molar-refractivity contribution in [3.63, 3.8) is 0 Å². The molecule has 2 fully saturated rings. The van der Waals surface area contributed by atoms with Gasteiger partial charge in [-0.05, 0) is 42.5 Å². The first-order valence-corrected chi connectivity index (χ1v) is 18.3. The van der Waals surface area contributed by atoms with Crippen LogP contribution in [0, 0.1) is 6.92 Å². The smallest absolute Gasteiger partial charge is 0.327 e. The molecule has 49 heavy (non-hydrogen) atoms. The quantitative estimate of drug-likeness (QED) is 0.162. The normalized spacial score (nSPS) is 18.4. The number of nitrogens with zero attached hydrogens (tertiary/aromatic N) is 5. The number of amides is 2. The molecule has 0 spiro atoms. The summed E-state index contributed by atoms with van der Waals surface area (Å²) in [6.45, 7) is 9.53. The molecule has 2 atom stereocenters. The van der Waals surface area contributed by atoms with Crippen LogP contribution in [0.15, 0.2) is 30.5 Å². The van der Waals surface area contributed by atoms with Gasteiger partial charge in [0.15, 0.2) is 5.82 Å². The Kier molecular flexibility index (Phi) is 12.5. The van der Waals surface area contributed by atoms with Crippen molar-refractivity contribution in [2.24, 2.45) is 0 Å². The molecule has 264 valence electrons. The average Bonchev–Trinajstić information content (AvgIpc) is 3.47. The van der Waals surface area contributed by atoms with E-state index in [0.717, 1.165) is 62.3 Å². The molecule has 1 unspecified atom stereocenters. The van der Waals surface area contributed by atoms with Gasteiger partial charge >= 0.3 is 5.97 Å². The first-order valence-electron chi connectivity index (χ1n) is 17.2. The van der Waals surface area contributed by atoms with E-state index in [9.17, 15) is 19.2 Å². The summed E-state index contributed by atoms with van der Waals surface area (Å²) in [4.78, 5) is 61.7. The number of rotatable bonds is 16. The van der Waals surface area contributed by atoms with E-state index in [4.69, 9.17) is 10.8 Å². The minimum Gasteiger partial charge on any atom is -0.480 e. The van der Waals surface area contributed by atoms with E-state index in [1.807, 2.05) is 17.2 Å². The Morgan fingerprint density at radius 1 is 1.06 bits per heavy atom. The minimum absolute atomic E-state index is 0.0478. The first-order chi connectivity index (χ1) is 23.6. The number of carboxylic acids is 1. The van der Waals surface area contributed by atoms with Crippen LogP contribution in [0.5, 0.6) is 0 Å². The van der Waals surface area contributed by atoms with Crippen molar-refractivity contribution < 1.29 is 24.3 Å². The van der Waals surface area contributed by atoms with E-state index in [1.54, 1.807) is 0 Å². The van der Waals surface area contributed by atoms with Gasteiger partial charge < -0.3 is 30.9 Å². The van der Waals surface area contributed by atoms with Gasteiger partial charge in [0.2, 0.25) is 17.8 Å². The maximum Gasteiger partial charge on any atom is 0.327 e. The SMILES string of the molecule is CCCCCNc1nc(N)nc2ccn(Cc3ccc(CN4CCN(C(=O)CCCC(=O)CC5SC[C@@H](C(=O)O)NC5=O)CC4)cc3C)c12. The summed E-state index contributed by atoms with van der Waals surface area (Å²) in [7, 11) is 0. The Morgan fingerprint density at radius 3 is 2.57 bits per heavy atom. The summed E-state index contributed by atoms with van der Waals surface area (Å²) in [6, 6.07) is 7.69. The first kappa shape index (κ1) is 36.1. The highest BCUT2D eigenvalue weighted by Crippen LogP contribution is 2.26. The molecule has 2 aromatic heterocycles. The number of carboxylic acid groups (broad SMARTS) is 1. The molecule has 2 saturated heterocycles. The van der Waals surface area contributed by atoms with Crippen LogP contribution in [-0.4, -0.2) is 103 Å². The van der Waals surface area contributed by atoms with Gasteiger partial charge in [0.1, 0.15) is 17.3 Å². The molecule has 0 bridgehead atoms. The molecule has 13 nitrogen and oxygen atoms in total. The Hall–Kier alpha value is -4.17. The van der Waals surface area contributed by atoms with Crippen LogP contribution in [0.4, 0.5) is 11.8 Å². The maximum atomic E-state index is 12.8. The van der Waals surface area contributed by atoms with E-state index in [1.165, 1.54) is 28.5 Å². The molecule has 2 aliphatic rings. The highest BCUT2D eigenvalue weighted by molar-refractivity contribution is 8.00. The fraction of sp³-hybridized carbons (Fsp3) is 0.543. The molecule has 2 amide bonds. The number of nitrogens with two attached hydrogens (primary N) is 1. The third kappa shape index (κ3) is 9.72. The van der Waals surface area contributed by atoms with Crippen molar-refractivity contribution in [3.05, 3.63) is 47.2 Å². The molecule has 4 heterocycles. The van der Waals surface area contributed by atoms with Gasteiger partial charge in [-0.2, -0.15) is 4.98 Å². The summed E-state index contributed by atoms with van der Waals surface area (Å²) in [5, 5.41) is 14.4. The highest BCUT2D eigenvalue weighted by atomic mass is 32.2. The van der Waals surface area contributed by atoms with Gasteiger partial charge in [-0.3, -0.25) is 19.3 Å². The molecule has 3 aromatic rings. The lowest BCUT2D eigenvalue weighted by Crippen LogP contribution is -2.51. The number of Topliss-reactive ketones (excluding diaryl/α,β-unsaturated/α-hetero) is 1. The number of carbonyl (C=O) groups excluding carboxylic acids is 3. The van der Waals surface area contributed by atoms with Crippen LogP contribution in [-0.2, 0) is 32.3 Å². The van der Waals surface area contributed by atoms with Gasteiger partial charge in [-0.1, -0.05) is 38.0 Å². The minimum atomic E-state index is -1.07. The number of thioether (sulfide) groups is 1. The average molecular weight is 693 g/mol. The van der Waals surface area contributed by atoms with Gasteiger partial charge in [0.25, 0.3) is 0 Å². The van der Waals surface area contributed by atoms with E-state index in [0.29, 0.717) is 32.5 Å². The number of carbonyl (C=O) groups is 4. The second-order valence-electron chi connectivity index (χ2n) is 13.0. The standard InChI is InChI=1S/C35H48N8O5S/c1-3-4-5-12-37-32-31-27(39-35(36)40-32)11-13-43(31)21-25-10-9-24(18-23(25)2)20-41-14-16-42(17-15-41)30(45)8-6-7-26(44)19-29-33(46)38-28(22-49-29)34(47)48/h9-11,13,18,28-29H,3-8,12,14-17,19-22H2,1-2H3,(H,38,46)(H,47,48)(H3,36,37,39,40)/t28-,29?/m0/s1. The molecule has 0 radical (unpaired) electrons. The van der Waals surface area contributed by atoms with Crippen LogP contribution in [0.25, 0.3) is 11.0 Å². The second kappa shape index (κ2) is 17.0. The maximum absolute atomic E-state index is 12.8. The van der Waals surface area contributed by atoms with Crippen molar-refractivity contribution >= 4 is 58.1 Å². The van der Waals surface area contributed by atoms with Crippen molar-refractivity contribution in [2.45, 2.75) is 83.2 Å². The number of aromatic nitrogens is 3. The van der Waals surface area contributed by atoms with Gasteiger partial charge in [-0.25, -0.2) is 9.78 Å². The highest BCUT2D eigenvalue weighted by Gasteiger charge is 2.33. The lowest BCUT2D eigenvalue weighted by Gasteiger charge is -2.35. The summed E-state index contributed by atoms with van der Waals surface area (Å²) < 4.78 is 2.18. The summed E-state index contributed by atoms with van der Waals surface area (Å²) in [5.74, 6) is -0.242. The van der Waals surface area contributed by atoms with Crippen LogP contribution in [0.2, 0.25) is 0 Å². The Morgan fingerprint density at radius 2 is 1.86 bits per heavy atom. The van der Waals surface area contributed by atoms with Crippen molar-refractivity contribution in [2.75, 3.05) is 49.5 Å². The van der Waals surface area contributed by atoms with Crippen LogP contribution in [0.1, 0.15) is 68.6 Å². The number of hydrogen-bond donors (Lipinski definition) is 4. The van der Waals surface area contributed by atoms with Crippen molar-refractivity contribution in [3.8, 4) is 0 Å². The fourth-order valence-electron chi connectivity index (χ4n) is 6.38. The Labute approximate surface area is 291 Å². The zero-order valence-electron chi connectivity index (χ0n) is 28.4. The number of aryl methyl sites for hydroxylation is 1. The number of hydrogen-bond acceptors (Lipinski definition) is 10. The second-order valence-corrected chi connectivity index (χ2v) is 14.2. The monoisotopic (exact) mass is 692 g/mol. The van der Waals surface area contributed by atoms with Crippen LogP contribution < -0.4 is 16.4 Å². The summed E-state index contributed by atoms with van der Waals surface area (Å²) in [6.07, 6.45) is 6.45. The number of aliphatic carboxylic acids is 1. The molecule has 14 heteroatoms. The fourth-order valence-corrected chi connectivity index (χ4v) is 7.55. The molecule has 5 rings (SSSR count). The third-order valence-electron chi connectivity index (χ3n) is 9.21. The van der Waals surface area contributed by atoms with Crippen molar-refractivity contribution in [1.82, 2.24) is 29.7 Å². The lowest BCUT2D eigenvalue weighted by molar-refractivity contribution is -0.141. The van der Waals surface area contributed by atoms with Gasteiger partial charge in [0.05, 0.1) is 10.8 Å². The van der Waals surface area contributed by atoms with Gasteiger partial charge in [-0.15, -0.1) is 11.8 Å². The number of fused-ring (bicyclic) bond motifs is 1. The van der Waals surface area contributed by atoms with Crippen LogP contribution in [0.3, 0.4) is 0 Å². The zero-order chi connectivity index (χ0) is 34.9. The number of anilines is 2. The lowest BCUT2D eigenvalue weighted by atomic mass is 10.0. The number of unbranched alkanes of at least 4 members (excludes halogenated alkanes) is 2. The van der Waals surface area contributed by atoms with Crippen molar-refractivity contribution in [1.29, 1.82) is 0 Å². The third-order valence-corrected chi connectivity index (χ3v) is 10.5. The largest absolute Gasteiger partial charge is 0.480 e. The molecule has 2 aliphatic heterocycles.